The summed E-state index contributed by atoms with van der Waals surface area (Å²) < 4.78 is 31.8. The maximum absolute atomic E-state index is 13.3. The van der Waals surface area contributed by atoms with E-state index in [1.54, 1.807) is 0 Å². The molecule has 0 N–H and O–H groups in total. The highest BCUT2D eigenvalue weighted by molar-refractivity contribution is 5.78. The molecule has 0 aliphatic carbocycles. The molecule has 1 unspecified atom stereocenters. The minimum atomic E-state index is -0.663. The lowest BCUT2D eigenvalue weighted by molar-refractivity contribution is -0.130. The van der Waals surface area contributed by atoms with E-state index in [1.807, 2.05) is 6.92 Å². The van der Waals surface area contributed by atoms with Crippen LogP contribution in [0.2, 0.25) is 0 Å². The van der Waals surface area contributed by atoms with Crippen molar-refractivity contribution in [3.8, 4) is 0 Å². The SMILES string of the molecule is CCc1noc(C2CCC(=O)N2Cc2cc(F)cc(F)c2)n1. The Morgan fingerprint density at radius 3 is 2.68 bits per heavy atom. The number of carbonyl (C=O) groups is 1. The van der Waals surface area contributed by atoms with Gasteiger partial charge in [0.1, 0.15) is 17.7 Å². The summed E-state index contributed by atoms with van der Waals surface area (Å²) in [5.74, 6) is -0.467. The molecule has 0 saturated carbocycles. The van der Waals surface area contributed by atoms with Crippen LogP contribution in [0.1, 0.15) is 43.1 Å². The fraction of sp³-hybridized carbons (Fsp3) is 0.400. The van der Waals surface area contributed by atoms with E-state index in [1.165, 1.54) is 17.0 Å². The van der Waals surface area contributed by atoms with Crippen molar-refractivity contribution < 1.29 is 18.1 Å². The monoisotopic (exact) mass is 307 g/mol. The van der Waals surface area contributed by atoms with Crippen molar-refractivity contribution in [1.29, 1.82) is 0 Å². The van der Waals surface area contributed by atoms with Gasteiger partial charge >= 0.3 is 0 Å². The highest BCUT2D eigenvalue weighted by Crippen LogP contribution is 2.33. The summed E-state index contributed by atoms with van der Waals surface area (Å²) in [6.45, 7) is 2.02. The van der Waals surface area contributed by atoms with Crippen molar-refractivity contribution in [1.82, 2.24) is 15.0 Å². The third-order valence-corrected chi connectivity index (χ3v) is 3.69. The number of hydrogen-bond acceptors (Lipinski definition) is 4. The molecule has 116 valence electrons. The van der Waals surface area contributed by atoms with Crippen LogP contribution in [0.3, 0.4) is 0 Å². The Bertz CT molecular complexity index is 682. The average Bonchev–Trinajstić information content (AvgIpc) is 3.06. The summed E-state index contributed by atoms with van der Waals surface area (Å²) in [6.07, 6.45) is 1.55. The van der Waals surface area contributed by atoms with Crippen molar-refractivity contribution in [3.63, 3.8) is 0 Å². The van der Waals surface area contributed by atoms with Crippen LogP contribution in [-0.4, -0.2) is 20.9 Å². The lowest BCUT2D eigenvalue weighted by atomic mass is 10.1. The summed E-state index contributed by atoms with van der Waals surface area (Å²) in [5, 5.41) is 3.83. The first-order valence-electron chi connectivity index (χ1n) is 7.13. The molecule has 1 fully saturated rings. The van der Waals surface area contributed by atoms with E-state index >= 15 is 0 Å². The quantitative estimate of drug-likeness (QED) is 0.871. The van der Waals surface area contributed by atoms with Gasteiger partial charge in [-0.3, -0.25) is 4.79 Å². The van der Waals surface area contributed by atoms with Gasteiger partial charge in [0.25, 0.3) is 0 Å². The van der Waals surface area contributed by atoms with Gasteiger partial charge in [-0.2, -0.15) is 4.98 Å². The van der Waals surface area contributed by atoms with Crippen LogP contribution in [-0.2, 0) is 17.8 Å². The molecular weight excluding hydrogens is 292 g/mol. The number of rotatable bonds is 4. The zero-order valence-electron chi connectivity index (χ0n) is 12.1. The molecule has 1 amide bonds. The predicted molar refractivity (Wildman–Crippen MR) is 72.6 cm³/mol. The van der Waals surface area contributed by atoms with Crippen LogP contribution in [0.25, 0.3) is 0 Å². The van der Waals surface area contributed by atoms with Gasteiger partial charge in [-0.15, -0.1) is 0 Å². The molecule has 1 atom stereocenters. The Hall–Kier alpha value is -2.31. The Kier molecular flexibility index (Phi) is 3.87. The predicted octanol–water partition coefficient (Wildman–Crippen LogP) is 2.77. The fourth-order valence-corrected chi connectivity index (χ4v) is 2.63. The van der Waals surface area contributed by atoms with Crippen LogP contribution in [0.5, 0.6) is 0 Å². The van der Waals surface area contributed by atoms with Crippen molar-refractivity contribution in [2.24, 2.45) is 0 Å². The van der Waals surface area contributed by atoms with Gasteiger partial charge in [-0.25, -0.2) is 8.78 Å². The van der Waals surface area contributed by atoms with E-state index in [4.69, 9.17) is 4.52 Å². The van der Waals surface area contributed by atoms with E-state index in [0.29, 0.717) is 36.5 Å². The molecule has 1 aromatic heterocycles. The number of halogens is 2. The van der Waals surface area contributed by atoms with E-state index in [9.17, 15) is 13.6 Å². The van der Waals surface area contributed by atoms with Crippen LogP contribution >= 0.6 is 0 Å². The normalized spacial score (nSPS) is 18.2. The van der Waals surface area contributed by atoms with Gasteiger partial charge in [0, 0.05) is 25.5 Å². The number of benzene rings is 1. The van der Waals surface area contributed by atoms with Crippen LogP contribution in [0.15, 0.2) is 22.7 Å². The third-order valence-electron chi connectivity index (χ3n) is 3.69. The molecule has 1 aromatic carbocycles. The number of aromatic nitrogens is 2. The number of nitrogens with zero attached hydrogens (tertiary/aromatic N) is 3. The van der Waals surface area contributed by atoms with Gasteiger partial charge < -0.3 is 9.42 Å². The van der Waals surface area contributed by atoms with Crippen LogP contribution < -0.4 is 0 Å². The molecule has 1 aliphatic rings. The Labute approximate surface area is 125 Å². The largest absolute Gasteiger partial charge is 0.337 e. The summed E-state index contributed by atoms with van der Waals surface area (Å²) in [5.41, 5.74) is 0.396. The van der Waals surface area contributed by atoms with Crippen LogP contribution in [0, 0.1) is 11.6 Å². The molecule has 2 heterocycles. The molecule has 7 heteroatoms. The Morgan fingerprint density at radius 2 is 2.05 bits per heavy atom. The van der Waals surface area contributed by atoms with Crippen molar-refractivity contribution >= 4 is 5.91 Å². The van der Waals surface area contributed by atoms with Gasteiger partial charge in [-0.1, -0.05) is 12.1 Å². The Balaban J connectivity index is 1.84. The molecular formula is C15H15F2N3O2. The molecule has 0 spiro atoms. The van der Waals surface area contributed by atoms with E-state index < -0.39 is 11.6 Å². The highest BCUT2D eigenvalue weighted by Gasteiger charge is 2.35. The smallest absolute Gasteiger partial charge is 0.249 e. The number of hydrogen-bond donors (Lipinski definition) is 0. The Morgan fingerprint density at radius 1 is 1.32 bits per heavy atom. The maximum atomic E-state index is 13.3. The van der Waals surface area contributed by atoms with Crippen molar-refractivity contribution in [2.75, 3.05) is 0 Å². The number of carbonyl (C=O) groups excluding carboxylic acids is 1. The first kappa shape index (κ1) is 14.6. The van der Waals surface area contributed by atoms with E-state index in [0.717, 1.165) is 6.07 Å². The molecule has 5 nitrogen and oxygen atoms in total. The van der Waals surface area contributed by atoms with Crippen molar-refractivity contribution in [3.05, 3.63) is 47.1 Å². The number of amides is 1. The summed E-state index contributed by atoms with van der Waals surface area (Å²) >= 11 is 0. The number of likely N-dealkylation sites (tertiary alicyclic amines) is 1. The van der Waals surface area contributed by atoms with Crippen LogP contribution in [0.4, 0.5) is 8.78 Å². The zero-order valence-corrected chi connectivity index (χ0v) is 12.1. The molecule has 1 aliphatic heterocycles. The highest BCUT2D eigenvalue weighted by atomic mass is 19.1. The second-order valence-corrected chi connectivity index (χ2v) is 5.26. The minimum Gasteiger partial charge on any atom is -0.337 e. The van der Waals surface area contributed by atoms with E-state index in [2.05, 4.69) is 10.1 Å². The zero-order chi connectivity index (χ0) is 15.7. The van der Waals surface area contributed by atoms with Crippen molar-refractivity contribution in [2.45, 2.75) is 38.8 Å². The average molecular weight is 307 g/mol. The minimum absolute atomic E-state index is 0.0917. The van der Waals surface area contributed by atoms with E-state index in [-0.39, 0.29) is 18.5 Å². The fourth-order valence-electron chi connectivity index (χ4n) is 2.63. The second kappa shape index (κ2) is 5.82. The number of aryl methyl sites for hydroxylation is 1. The van der Waals surface area contributed by atoms with Gasteiger partial charge in [0.15, 0.2) is 5.82 Å². The lowest BCUT2D eigenvalue weighted by Crippen LogP contribution is -2.27. The van der Waals surface area contributed by atoms with Gasteiger partial charge in [-0.05, 0) is 24.1 Å². The maximum Gasteiger partial charge on any atom is 0.249 e. The second-order valence-electron chi connectivity index (χ2n) is 5.26. The standard InChI is InChI=1S/C15H15F2N3O2/c1-2-13-18-15(22-19-13)12-3-4-14(21)20(12)8-9-5-10(16)7-11(17)6-9/h5-7,12H,2-4,8H2,1H3. The third kappa shape index (κ3) is 2.84. The molecule has 2 aromatic rings. The van der Waals surface area contributed by atoms with Gasteiger partial charge in [0.05, 0.1) is 0 Å². The summed E-state index contributed by atoms with van der Waals surface area (Å²) in [6, 6.07) is 2.90. The molecule has 0 radical (unpaired) electrons. The molecule has 1 saturated heterocycles. The molecule has 22 heavy (non-hydrogen) atoms. The summed E-state index contributed by atoms with van der Waals surface area (Å²) in [7, 11) is 0. The summed E-state index contributed by atoms with van der Waals surface area (Å²) in [4.78, 5) is 17.8. The first-order chi connectivity index (χ1) is 10.6. The van der Waals surface area contributed by atoms with Gasteiger partial charge in [0.2, 0.25) is 11.8 Å². The topological polar surface area (TPSA) is 59.2 Å². The molecule has 0 bridgehead atoms. The first-order valence-corrected chi connectivity index (χ1v) is 7.13. The lowest BCUT2D eigenvalue weighted by Gasteiger charge is -2.22. The molecule has 3 rings (SSSR count).